The zero-order valence-electron chi connectivity index (χ0n) is 10.2. The molecule has 3 nitrogen and oxygen atoms in total. The molecule has 6 heteroatoms. The fourth-order valence-electron chi connectivity index (χ4n) is 2.09. The molecule has 0 spiro atoms. The van der Waals surface area contributed by atoms with Crippen molar-refractivity contribution in [3.8, 4) is 0 Å². The molecule has 0 atom stereocenters. The van der Waals surface area contributed by atoms with Gasteiger partial charge < -0.3 is 5.32 Å². The van der Waals surface area contributed by atoms with E-state index in [0.29, 0.717) is 12.2 Å². The smallest absolute Gasteiger partial charge is 0.314 e. The van der Waals surface area contributed by atoms with Gasteiger partial charge in [-0.05, 0) is 18.6 Å². The molecule has 1 aromatic heterocycles. The van der Waals surface area contributed by atoms with E-state index < -0.39 is 11.7 Å². The number of nitrogens with zero attached hydrogens (tertiary/aromatic N) is 2. The molecule has 1 N–H and O–H groups in total. The standard InChI is InChI=1S/C12H16F3N3/c1-9-6-11(12(13,14)15)10(7-17-9)8-18-4-2-16-3-5-18/h6-7,16H,2-5,8H2,1H3. The van der Waals surface area contributed by atoms with Crippen LogP contribution >= 0.6 is 0 Å². The van der Waals surface area contributed by atoms with E-state index in [1.165, 1.54) is 6.20 Å². The number of hydrogen-bond acceptors (Lipinski definition) is 3. The maximum atomic E-state index is 12.9. The fourth-order valence-corrected chi connectivity index (χ4v) is 2.09. The maximum absolute atomic E-state index is 12.9. The maximum Gasteiger partial charge on any atom is 0.416 e. The summed E-state index contributed by atoms with van der Waals surface area (Å²) >= 11 is 0. The van der Waals surface area contributed by atoms with Crippen LogP contribution in [0.4, 0.5) is 13.2 Å². The summed E-state index contributed by atoms with van der Waals surface area (Å²) in [7, 11) is 0. The molecule has 1 aromatic rings. The molecule has 0 amide bonds. The summed E-state index contributed by atoms with van der Waals surface area (Å²) in [6.07, 6.45) is -2.96. The van der Waals surface area contributed by atoms with E-state index >= 15 is 0 Å². The van der Waals surface area contributed by atoms with Crippen molar-refractivity contribution < 1.29 is 13.2 Å². The number of alkyl halides is 3. The van der Waals surface area contributed by atoms with Gasteiger partial charge in [-0.1, -0.05) is 0 Å². The molecule has 0 unspecified atom stereocenters. The van der Waals surface area contributed by atoms with Crippen molar-refractivity contribution in [1.82, 2.24) is 15.2 Å². The third-order valence-electron chi connectivity index (χ3n) is 3.03. The first kappa shape index (κ1) is 13.3. The first-order valence-electron chi connectivity index (χ1n) is 5.92. The molecule has 0 aromatic carbocycles. The average Bonchev–Trinajstić information content (AvgIpc) is 2.31. The zero-order valence-corrected chi connectivity index (χ0v) is 10.2. The van der Waals surface area contributed by atoms with Crippen LogP contribution < -0.4 is 5.32 Å². The minimum Gasteiger partial charge on any atom is -0.314 e. The van der Waals surface area contributed by atoms with Gasteiger partial charge in [0.1, 0.15) is 0 Å². The number of rotatable bonds is 2. The molecule has 0 aliphatic carbocycles. The minimum absolute atomic E-state index is 0.259. The molecule has 0 radical (unpaired) electrons. The molecule has 18 heavy (non-hydrogen) atoms. The Balaban J connectivity index is 2.21. The summed E-state index contributed by atoms with van der Waals surface area (Å²) in [4.78, 5) is 5.99. The van der Waals surface area contributed by atoms with E-state index in [1.807, 2.05) is 4.90 Å². The van der Waals surface area contributed by atoms with Gasteiger partial charge in [0.15, 0.2) is 0 Å². The number of halogens is 3. The van der Waals surface area contributed by atoms with Gasteiger partial charge in [0.2, 0.25) is 0 Å². The first-order valence-corrected chi connectivity index (χ1v) is 5.92. The van der Waals surface area contributed by atoms with Crippen LogP contribution in [0, 0.1) is 6.92 Å². The summed E-state index contributed by atoms with van der Waals surface area (Å²) in [5.74, 6) is 0. The van der Waals surface area contributed by atoms with Crippen LogP contribution in [0.3, 0.4) is 0 Å². The first-order chi connectivity index (χ1) is 8.47. The Bertz CT molecular complexity index is 412. The molecule has 2 rings (SSSR count). The van der Waals surface area contributed by atoms with Crippen molar-refractivity contribution in [1.29, 1.82) is 0 Å². The van der Waals surface area contributed by atoms with E-state index in [4.69, 9.17) is 0 Å². The number of aromatic nitrogens is 1. The largest absolute Gasteiger partial charge is 0.416 e. The van der Waals surface area contributed by atoms with Crippen molar-refractivity contribution >= 4 is 0 Å². The van der Waals surface area contributed by atoms with Gasteiger partial charge in [0, 0.05) is 44.6 Å². The van der Waals surface area contributed by atoms with E-state index in [2.05, 4.69) is 10.3 Å². The lowest BCUT2D eigenvalue weighted by molar-refractivity contribution is -0.138. The predicted molar refractivity (Wildman–Crippen MR) is 62.1 cm³/mol. The van der Waals surface area contributed by atoms with Crippen LogP contribution in [0.5, 0.6) is 0 Å². The summed E-state index contributed by atoms with van der Waals surface area (Å²) < 4.78 is 38.8. The molecular weight excluding hydrogens is 243 g/mol. The van der Waals surface area contributed by atoms with Crippen molar-refractivity contribution in [3.63, 3.8) is 0 Å². The topological polar surface area (TPSA) is 28.2 Å². The van der Waals surface area contributed by atoms with Crippen molar-refractivity contribution in [2.24, 2.45) is 0 Å². The zero-order chi connectivity index (χ0) is 13.2. The highest BCUT2D eigenvalue weighted by atomic mass is 19.4. The lowest BCUT2D eigenvalue weighted by Gasteiger charge is -2.28. The average molecular weight is 259 g/mol. The number of hydrogen-bond donors (Lipinski definition) is 1. The Morgan fingerprint density at radius 1 is 1.33 bits per heavy atom. The van der Waals surface area contributed by atoms with Gasteiger partial charge in [-0.25, -0.2) is 0 Å². The normalized spacial score (nSPS) is 18.0. The second-order valence-corrected chi connectivity index (χ2v) is 4.51. The van der Waals surface area contributed by atoms with Crippen molar-refractivity contribution in [2.75, 3.05) is 26.2 Å². The quantitative estimate of drug-likeness (QED) is 0.878. The summed E-state index contributed by atoms with van der Waals surface area (Å²) in [5, 5.41) is 3.17. The summed E-state index contributed by atoms with van der Waals surface area (Å²) in [6.45, 7) is 5.06. The minimum atomic E-state index is -4.31. The second kappa shape index (κ2) is 5.24. The van der Waals surface area contributed by atoms with Crippen LogP contribution in [0.2, 0.25) is 0 Å². The fraction of sp³-hybridized carbons (Fsp3) is 0.583. The van der Waals surface area contributed by atoms with Crippen molar-refractivity contribution in [2.45, 2.75) is 19.6 Å². The highest BCUT2D eigenvalue weighted by Crippen LogP contribution is 2.32. The lowest BCUT2D eigenvalue weighted by Crippen LogP contribution is -2.43. The van der Waals surface area contributed by atoms with Gasteiger partial charge in [-0.15, -0.1) is 0 Å². The van der Waals surface area contributed by atoms with Crippen LogP contribution in [0.25, 0.3) is 0 Å². The van der Waals surface area contributed by atoms with Crippen LogP contribution in [0.1, 0.15) is 16.8 Å². The number of nitrogens with one attached hydrogen (secondary N) is 1. The third-order valence-corrected chi connectivity index (χ3v) is 3.03. The predicted octanol–water partition coefficient (Wildman–Crippen LogP) is 1.81. The van der Waals surface area contributed by atoms with Gasteiger partial charge in [-0.2, -0.15) is 13.2 Å². The molecule has 1 aliphatic rings. The molecule has 2 heterocycles. The van der Waals surface area contributed by atoms with Gasteiger partial charge in [-0.3, -0.25) is 9.88 Å². The van der Waals surface area contributed by atoms with Crippen molar-refractivity contribution in [3.05, 3.63) is 29.1 Å². The highest BCUT2D eigenvalue weighted by molar-refractivity contribution is 5.29. The summed E-state index contributed by atoms with van der Waals surface area (Å²) in [5.41, 5.74) is 0.0925. The Labute approximate surface area is 104 Å². The Hall–Kier alpha value is -1.14. The molecule has 1 fully saturated rings. The second-order valence-electron chi connectivity index (χ2n) is 4.51. The van der Waals surface area contributed by atoms with E-state index in [9.17, 15) is 13.2 Å². The number of aryl methyl sites for hydroxylation is 1. The highest BCUT2D eigenvalue weighted by Gasteiger charge is 2.34. The van der Waals surface area contributed by atoms with E-state index in [-0.39, 0.29) is 5.56 Å². The molecular formula is C12H16F3N3. The SMILES string of the molecule is Cc1cc(C(F)(F)F)c(CN2CCNCC2)cn1. The lowest BCUT2D eigenvalue weighted by atomic mass is 10.1. The number of piperazine rings is 1. The summed E-state index contributed by atoms with van der Waals surface area (Å²) in [6, 6.07) is 1.12. The Morgan fingerprint density at radius 3 is 2.61 bits per heavy atom. The molecule has 1 saturated heterocycles. The van der Waals surface area contributed by atoms with E-state index in [1.54, 1.807) is 6.92 Å². The van der Waals surface area contributed by atoms with Gasteiger partial charge in [0.25, 0.3) is 0 Å². The van der Waals surface area contributed by atoms with Gasteiger partial charge >= 0.3 is 6.18 Å². The Morgan fingerprint density at radius 2 is 2.00 bits per heavy atom. The third kappa shape index (κ3) is 3.20. The number of pyridine rings is 1. The molecule has 100 valence electrons. The van der Waals surface area contributed by atoms with E-state index in [0.717, 1.165) is 32.2 Å². The monoisotopic (exact) mass is 259 g/mol. The molecule has 1 aliphatic heterocycles. The van der Waals surface area contributed by atoms with Crippen LogP contribution in [-0.4, -0.2) is 36.1 Å². The van der Waals surface area contributed by atoms with Crippen LogP contribution in [0.15, 0.2) is 12.3 Å². The molecule has 0 saturated carbocycles. The van der Waals surface area contributed by atoms with Crippen LogP contribution in [-0.2, 0) is 12.7 Å². The van der Waals surface area contributed by atoms with Gasteiger partial charge in [0.05, 0.1) is 5.56 Å². The Kier molecular flexibility index (Phi) is 3.87. The molecule has 0 bridgehead atoms.